The summed E-state index contributed by atoms with van der Waals surface area (Å²) in [4.78, 5) is 27.2. The zero-order valence-electron chi connectivity index (χ0n) is 19.8. The van der Waals surface area contributed by atoms with E-state index in [2.05, 4.69) is 5.10 Å². The van der Waals surface area contributed by atoms with Crippen LogP contribution in [0, 0.1) is 0 Å². The van der Waals surface area contributed by atoms with Crippen LogP contribution in [-0.4, -0.2) is 43.4 Å². The van der Waals surface area contributed by atoms with E-state index in [1.165, 1.54) is 5.01 Å². The molecule has 7 nitrogen and oxygen atoms in total. The van der Waals surface area contributed by atoms with Gasteiger partial charge in [-0.2, -0.15) is 5.10 Å². The largest absolute Gasteiger partial charge is 0.493 e. The fourth-order valence-corrected chi connectivity index (χ4v) is 5.05. The normalized spacial score (nSPS) is 15.0. The van der Waals surface area contributed by atoms with Gasteiger partial charge in [0.1, 0.15) is 0 Å². The number of esters is 1. The van der Waals surface area contributed by atoms with Crippen molar-refractivity contribution in [1.82, 2.24) is 5.01 Å². The summed E-state index contributed by atoms with van der Waals surface area (Å²) in [5.41, 5.74) is 2.07. The highest BCUT2D eigenvalue weighted by molar-refractivity contribution is 7.12. The molecule has 0 unspecified atom stereocenters. The van der Waals surface area contributed by atoms with Gasteiger partial charge in [-0.1, -0.05) is 48.5 Å². The van der Waals surface area contributed by atoms with E-state index in [-0.39, 0.29) is 6.04 Å². The van der Waals surface area contributed by atoms with E-state index in [9.17, 15) is 9.59 Å². The molecule has 1 aliphatic rings. The Hall–Kier alpha value is -4.17. The van der Waals surface area contributed by atoms with Gasteiger partial charge in [-0.25, -0.2) is 9.80 Å². The second-order valence-electron chi connectivity index (χ2n) is 8.20. The topological polar surface area (TPSA) is 77.4 Å². The van der Waals surface area contributed by atoms with Crippen molar-refractivity contribution in [3.05, 3.63) is 94.2 Å². The van der Waals surface area contributed by atoms with Crippen molar-refractivity contribution in [1.29, 1.82) is 0 Å². The van der Waals surface area contributed by atoms with Gasteiger partial charge in [-0.15, -0.1) is 11.3 Å². The Balaban J connectivity index is 1.39. The number of thiophene rings is 1. The fraction of sp³-hybridized carbons (Fsp3) is 0.179. The van der Waals surface area contributed by atoms with Crippen LogP contribution in [-0.2, 0) is 9.53 Å². The number of carbonyl (C=O) groups excluding carboxylic acids is 2. The highest BCUT2D eigenvalue weighted by Crippen LogP contribution is 2.38. The summed E-state index contributed by atoms with van der Waals surface area (Å²) in [6, 6.07) is 22.1. The summed E-state index contributed by atoms with van der Waals surface area (Å²) in [5.74, 6) is 0.203. The highest BCUT2D eigenvalue weighted by Gasteiger charge is 2.34. The predicted octanol–water partition coefficient (Wildman–Crippen LogP) is 5.45. The quantitative estimate of drug-likeness (QED) is 0.315. The first kappa shape index (κ1) is 23.6. The van der Waals surface area contributed by atoms with Crippen molar-refractivity contribution in [3.8, 4) is 11.5 Å². The van der Waals surface area contributed by atoms with Gasteiger partial charge in [0.2, 0.25) is 0 Å². The first-order chi connectivity index (χ1) is 17.6. The number of rotatable bonds is 7. The van der Waals surface area contributed by atoms with Gasteiger partial charge in [-0.05, 0) is 46.0 Å². The standard InChI is InChI=1S/C28H24N2O5S/c1-33-24-13-12-19(15-25(24)34-2)23-16-22(26-11-6-14-36-26)29-30(23)27(31)17-35-28(32)21-10-5-8-18-7-3-4-9-20(18)21/h3-15,23H,16-17H2,1-2H3/t23-/m0/s1. The maximum absolute atomic E-state index is 13.3. The second kappa shape index (κ2) is 10.2. The predicted molar refractivity (Wildman–Crippen MR) is 139 cm³/mol. The highest BCUT2D eigenvalue weighted by atomic mass is 32.1. The number of carbonyl (C=O) groups is 2. The third-order valence-electron chi connectivity index (χ3n) is 6.10. The number of hydrogen-bond donors (Lipinski definition) is 0. The van der Waals surface area contributed by atoms with Crippen LogP contribution in [0.25, 0.3) is 10.8 Å². The molecule has 1 aromatic heterocycles. The number of methoxy groups -OCH3 is 2. The molecule has 1 atom stereocenters. The smallest absolute Gasteiger partial charge is 0.339 e. The van der Waals surface area contributed by atoms with E-state index in [0.717, 1.165) is 26.9 Å². The van der Waals surface area contributed by atoms with Gasteiger partial charge in [0, 0.05) is 6.42 Å². The van der Waals surface area contributed by atoms with E-state index in [0.29, 0.717) is 23.5 Å². The molecule has 5 rings (SSSR count). The molecule has 0 saturated heterocycles. The molecule has 2 heterocycles. The molecule has 182 valence electrons. The molecular formula is C28H24N2O5S. The minimum absolute atomic E-state index is 0.370. The van der Waals surface area contributed by atoms with Crippen molar-refractivity contribution in [2.45, 2.75) is 12.5 Å². The van der Waals surface area contributed by atoms with Gasteiger partial charge in [0.15, 0.2) is 18.1 Å². The first-order valence-electron chi connectivity index (χ1n) is 11.4. The van der Waals surface area contributed by atoms with Crippen LogP contribution in [0.15, 0.2) is 83.3 Å². The molecule has 0 bridgehead atoms. The molecule has 36 heavy (non-hydrogen) atoms. The average molecular weight is 501 g/mol. The van der Waals surface area contributed by atoms with E-state index in [4.69, 9.17) is 14.2 Å². The van der Waals surface area contributed by atoms with Crippen LogP contribution in [0.5, 0.6) is 11.5 Å². The van der Waals surface area contributed by atoms with E-state index < -0.39 is 18.5 Å². The lowest BCUT2D eigenvalue weighted by Gasteiger charge is -2.23. The van der Waals surface area contributed by atoms with Gasteiger partial charge in [0.25, 0.3) is 5.91 Å². The lowest BCUT2D eigenvalue weighted by Crippen LogP contribution is -2.31. The molecule has 1 aliphatic heterocycles. The molecule has 3 aromatic carbocycles. The van der Waals surface area contributed by atoms with Crippen LogP contribution < -0.4 is 9.47 Å². The molecule has 1 amide bonds. The lowest BCUT2D eigenvalue weighted by atomic mass is 10.0. The maximum Gasteiger partial charge on any atom is 0.339 e. The van der Waals surface area contributed by atoms with Crippen molar-refractivity contribution >= 4 is 39.7 Å². The zero-order chi connectivity index (χ0) is 25.1. The molecular weight excluding hydrogens is 476 g/mol. The van der Waals surface area contributed by atoms with E-state index >= 15 is 0 Å². The van der Waals surface area contributed by atoms with Crippen LogP contribution >= 0.6 is 11.3 Å². The van der Waals surface area contributed by atoms with Gasteiger partial charge < -0.3 is 14.2 Å². The number of fused-ring (bicyclic) bond motifs is 1. The van der Waals surface area contributed by atoms with Crippen molar-refractivity contribution in [2.24, 2.45) is 5.10 Å². The summed E-state index contributed by atoms with van der Waals surface area (Å²) in [7, 11) is 3.14. The molecule has 0 radical (unpaired) electrons. The third kappa shape index (κ3) is 4.55. The van der Waals surface area contributed by atoms with Crippen LogP contribution in [0.1, 0.15) is 33.3 Å². The van der Waals surface area contributed by atoms with E-state index in [1.54, 1.807) is 43.8 Å². The number of benzene rings is 3. The monoisotopic (exact) mass is 500 g/mol. The fourth-order valence-electron chi connectivity index (χ4n) is 4.33. The van der Waals surface area contributed by atoms with Crippen molar-refractivity contribution in [2.75, 3.05) is 20.8 Å². The molecule has 0 fully saturated rings. The average Bonchev–Trinajstić information content (AvgIpc) is 3.61. The SMILES string of the molecule is COc1ccc([C@@H]2CC(c3cccs3)=NN2C(=O)COC(=O)c2cccc3ccccc23)cc1OC. The summed E-state index contributed by atoms with van der Waals surface area (Å²) < 4.78 is 16.3. The van der Waals surface area contributed by atoms with Gasteiger partial charge >= 0.3 is 5.97 Å². The zero-order valence-corrected chi connectivity index (χ0v) is 20.7. The Morgan fingerprint density at radius 1 is 0.972 bits per heavy atom. The minimum Gasteiger partial charge on any atom is -0.493 e. The molecule has 0 spiro atoms. The molecule has 0 N–H and O–H groups in total. The number of amides is 1. The molecule has 4 aromatic rings. The summed E-state index contributed by atoms with van der Waals surface area (Å²) in [6.45, 7) is -0.424. The number of nitrogens with zero attached hydrogens (tertiary/aromatic N) is 2. The van der Waals surface area contributed by atoms with E-state index in [1.807, 2.05) is 60.0 Å². The molecule has 8 heteroatoms. The van der Waals surface area contributed by atoms with Gasteiger partial charge in [0.05, 0.1) is 36.4 Å². The Kier molecular flexibility index (Phi) is 6.69. The third-order valence-corrected chi connectivity index (χ3v) is 7.02. The lowest BCUT2D eigenvalue weighted by molar-refractivity contribution is -0.136. The van der Waals surface area contributed by atoms with Crippen molar-refractivity contribution < 1.29 is 23.8 Å². The van der Waals surface area contributed by atoms with Gasteiger partial charge in [-0.3, -0.25) is 4.79 Å². The molecule has 0 aliphatic carbocycles. The Bertz CT molecular complexity index is 1440. The Labute approximate surface area is 212 Å². The maximum atomic E-state index is 13.3. The van der Waals surface area contributed by atoms with Crippen LogP contribution in [0.3, 0.4) is 0 Å². The molecule has 0 saturated carbocycles. The Morgan fingerprint density at radius 2 is 1.78 bits per heavy atom. The van der Waals surface area contributed by atoms with Crippen molar-refractivity contribution in [3.63, 3.8) is 0 Å². The van der Waals surface area contributed by atoms with Crippen LogP contribution in [0.4, 0.5) is 0 Å². The summed E-state index contributed by atoms with van der Waals surface area (Å²) in [6.07, 6.45) is 0.527. The minimum atomic E-state index is -0.551. The Morgan fingerprint density at radius 3 is 2.56 bits per heavy atom. The second-order valence-corrected chi connectivity index (χ2v) is 9.15. The number of hydrazone groups is 1. The number of hydrogen-bond acceptors (Lipinski definition) is 7. The first-order valence-corrected chi connectivity index (χ1v) is 12.3. The van der Waals surface area contributed by atoms with Crippen LogP contribution in [0.2, 0.25) is 0 Å². The summed E-state index contributed by atoms with van der Waals surface area (Å²) in [5, 5.41) is 9.72. The number of ether oxygens (including phenoxy) is 3. The summed E-state index contributed by atoms with van der Waals surface area (Å²) >= 11 is 1.56.